The molecule has 0 amide bonds. The summed E-state index contributed by atoms with van der Waals surface area (Å²) in [4.78, 5) is 23.9. The number of ether oxygens (including phenoxy) is 1. The van der Waals surface area contributed by atoms with Crippen LogP contribution in [0.2, 0.25) is 0 Å². The molecule has 1 atom stereocenters. The maximum Gasteiger partial charge on any atom is 0.161 e. The van der Waals surface area contributed by atoms with Crippen LogP contribution in [-0.2, 0) is 28.9 Å². The van der Waals surface area contributed by atoms with Gasteiger partial charge in [0, 0.05) is 50.0 Å². The quantitative estimate of drug-likeness (QED) is 0.860. The van der Waals surface area contributed by atoms with Gasteiger partial charge in [-0.25, -0.2) is 9.97 Å². The van der Waals surface area contributed by atoms with Gasteiger partial charge in [0.2, 0.25) is 0 Å². The Hall–Kier alpha value is -2.31. The number of carbonyl (C=O) groups is 1. The van der Waals surface area contributed by atoms with E-state index in [9.17, 15) is 4.79 Å². The van der Waals surface area contributed by atoms with E-state index in [0.29, 0.717) is 18.9 Å². The number of rotatable bonds is 5. The second-order valence-electron chi connectivity index (χ2n) is 7.61. The smallest absolute Gasteiger partial charge is 0.161 e. The molecule has 0 spiro atoms. The van der Waals surface area contributed by atoms with E-state index < -0.39 is 0 Å². The largest absolute Gasteiger partial charge is 0.377 e. The average molecular weight is 380 g/mol. The van der Waals surface area contributed by atoms with Crippen LogP contribution >= 0.6 is 0 Å². The van der Waals surface area contributed by atoms with Crippen LogP contribution in [0.1, 0.15) is 37.1 Å². The summed E-state index contributed by atoms with van der Waals surface area (Å²) in [6, 6.07) is 8.40. The number of Topliss-reactive ketones (excluding diaryl/α,β-unsaturated/α-hetero) is 1. The summed E-state index contributed by atoms with van der Waals surface area (Å²) in [5, 5.41) is 3.46. The number of carbonyl (C=O) groups excluding carboxylic acids is 1. The molecule has 0 saturated carbocycles. The Morgan fingerprint density at radius 3 is 2.86 bits per heavy atom. The number of ketones is 1. The lowest BCUT2D eigenvalue weighted by molar-refractivity contribution is -0.118. The molecule has 1 fully saturated rings. The van der Waals surface area contributed by atoms with Gasteiger partial charge in [0.15, 0.2) is 5.82 Å². The average Bonchev–Trinajstić information content (AvgIpc) is 2.74. The molecule has 2 aliphatic heterocycles. The number of anilines is 1. The fourth-order valence-corrected chi connectivity index (χ4v) is 3.86. The Balaban J connectivity index is 1.69. The van der Waals surface area contributed by atoms with Crippen molar-refractivity contribution < 1.29 is 9.53 Å². The van der Waals surface area contributed by atoms with E-state index >= 15 is 0 Å². The second kappa shape index (κ2) is 8.37. The number of nitrogens with one attached hydrogen (secondary N) is 1. The van der Waals surface area contributed by atoms with Crippen LogP contribution in [0.4, 0.5) is 5.82 Å². The van der Waals surface area contributed by atoms with Gasteiger partial charge in [0.25, 0.3) is 0 Å². The minimum absolute atomic E-state index is 0.258. The van der Waals surface area contributed by atoms with Crippen molar-refractivity contribution in [1.29, 1.82) is 0 Å². The van der Waals surface area contributed by atoms with Crippen molar-refractivity contribution in [2.24, 2.45) is 0 Å². The van der Waals surface area contributed by atoms with Crippen molar-refractivity contribution in [2.45, 2.75) is 45.7 Å². The highest BCUT2D eigenvalue weighted by atomic mass is 16.5. The fourth-order valence-electron chi connectivity index (χ4n) is 3.86. The van der Waals surface area contributed by atoms with Crippen LogP contribution in [0.5, 0.6) is 0 Å². The molecule has 4 rings (SSSR count). The van der Waals surface area contributed by atoms with Gasteiger partial charge in [-0.15, -0.1) is 0 Å². The minimum Gasteiger partial charge on any atom is -0.377 e. The van der Waals surface area contributed by atoms with Crippen molar-refractivity contribution in [3.63, 3.8) is 0 Å². The second-order valence-corrected chi connectivity index (χ2v) is 7.61. The van der Waals surface area contributed by atoms with Crippen LogP contribution < -0.4 is 10.2 Å². The first kappa shape index (κ1) is 19.0. The summed E-state index contributed by atoms with van der Waals surface area (Å²) in [5.74, 6) is 2.06. The summed E-state index contributed by atoms with van der Waals surface area (Å²) in [6.07, 6.45) is 1.98. The van der Waals surface area contributed by atoms with Gasteiger partial charge in [-0.1, -0.05) is 31.2 Å². The van der Waals surface area contributed by atoms with Gasteiger partial charge < -0.3 is 15.0 Å². The van der Waals surface area contributed by atoms with Gasteiger partial charge >= 0.3 is 0 Å². The first-order valence-corrected chi connectivity index (χ1v) is 10.2. The topological polar surface area (TPSA) is 67.4 Å². The lowest BCUT2D eigenvalue weighted by atomic mass is 10.0. The Kier molecular flexibility index (Phi) is 5.69. The number of benzene rings is 1. The predicted octanol–water partition coefficient (Wildman–Crippen LogP) is 2.54. The number of aromatic nitrogens is 2. The third kappa shape index (κ3) is 3.93. The number of nitrogens with zero attached hydrogens (tertiary/aromatic N) is 3. The third-order valence-electron chi connectivity index (χ3n) is 5.56. The zero-order valence-corrected chi connectivity index (χ0v) is 16.7. The first-order valence-electron chi connectivity index (χ1n) is 10.2. The van der Waals surface area contributed by atoms with Crippen molar-refractivity contribution in [3.05, 3.63) is 41.1 Å². The Morgan fingerprint density at radius 2 is 2.11 bits per heavy atom. The summed E-state index contributed by atoms with van der Waals surface area (Å²) in [6.45, 7) is 8.15. The van der Waals surface area contributed by atoms with Gasteiger partial charge in [-0.2, -0.15) is 0 Å². The minimum atomic E-state index is 0.258. The summed E-state index contributed by atoms with van der Waals surface area (Å²) in [5.41, 5.74) is 4.40. The van der Waals surface area contributed by atoms with Crippen molar-refractivity contribution in [2.75, 3.05) is 31.2 Å². The Labute approximate surface area is 166 Å². The van der Waals surface area contributed by atoms with Crippen LogP contribution in [0, 0.1) is 0 Å². The van der Waals surface area contributed by atoms with Crippen LogP contribution in [0.3, 0.4) is 0 Å². The Bertz CT molecular complexity index is 850. The molecule has 1 saturated heterocycles. The maximum absolute atomic E-state index is 11.7. The monoisotopic (exact) mass is 380 g/mol. The van der Waals surface area contributed by atoms with E-state index in [4.69, 9.17) is 14.7 Å². The number of hydrogen-bond donors (Lipinski definition) is 1. The molecule has 2 aliphatic rings. The molecule has 3 heterocycles. The van der Waals surface area contributed by atoms with Gasteiger partial charge in [-0.3, -0.25) is 4.79 Å². The van der Waals surface area contributed by atoms with E-state index in [2.05, 4.69) is 17.1 Å². The first-order chi connectivity index (χ1) is 13.7. The molecule has 1 aromatic heterocycles. The lowest BCUT2D eigenvalue weighted by Crippen LogP contribution is -2.45. The molecule has 1 N–H and O–H groups in total. The Morgan fingerprint density at radius 1 is 1.29 bits per heavy atom. The van der Waals surface area contributed by atoms with E-state index in [1.54, 1.807) is 0 Å². The van der Waals surface area contributed by atoms with Crippen molar-refractivity contribution >= 4 is 11.6 Å². The number of morpholine rings is 1. The third-order valence-corrected chi connectivity index (χ3v) is 5.56. The van der Waals surface area contributed by atoms with Crippen LogP contribution in [0.15, 0.2) is 24.3 Å². The van der Waals surface area contributed by atoms with Gasteiger partial charge in [0.05, 0.1) is 24.9 Å². The molecule has 0 unspecified atom stereocenters. The molecule has 0 aliphatic carbocycles. The fraction of sp³-hybridized carbons (Fsp3) is 0.500. The van der Waals surface area contributed by atoms with Crippen molar-refractivity contribution in [1.82, 2.24) is 15.3 Å². The van der Waals surface area contributed by atoms with E-state index in [0.717, 1.165) is 67.7 Å². The normalized spacial score (nSPS) is 19.4. The van der Waals surface area contributed by atoms with E-state index in [1.165, 1.54) is 5.56 Å². The van der Waals surface area contributed by atoms with E-state index in [-0.39, 0.29) is 5.78 Å². The van der Waals surface area contributed by atoms with Crippen molar-refractivity contribution in [3.8, 4) is 11.4 Å². The van der Waals surface area contributed by atoms with Gasteiger partial charge in [-0.05, 0) is 12.5 Å². The highest BCUT2D eigenvalue weighted by Crippen LogP contribution is 2.29. The molecule has 148 valence electrons. The highest BCUT2D eigenvalue weighted by molar-refractivity contribution is 5.80. The molecular weight excluding hydrogens is 352 g/mol. The molecule has 6 nitrogen and oxygen atoms in total. The summed E-state index contributed by atoms with van der Waals surface area (Å²) >= 11 is 0. The molecule has 0 radical (unpaired) electrons. The number of hydrogen-bond acceptors (Lipinski definition) is 6. The molecular formula is C22H28N4O2. The molecule has 6 heteroatoms. The summed E-state index contributed by atoms with van der Waals surface area (Å²) in [7, 11) is 0. The van der Waals surface area contributed by atoms with Gasteiger partial charge in [0.1, 0.15) is 11.6 Å². The molecule has 0 bridgehead atoms. The van der Waals surface area contributed by atoms with E-state index in [1.807, 2.05) is 31.2 Å². The highest BCUT2D eigenvalue weighted by Gasteiger charge is 2.27. The SMILES string of the molecule is CCC(=O)Cc1ccc(-c2nc3c(c(N4CCOC[C@@H]4C)n2)CNCC3)cc1. The molecule has 28 heavy (non-hydrogen) atoms. The maximum atomic E-state index is 11.7. The molecule has 1 aromatic carbocycles. The zero-order valence-electron chi connectivity index (χ0n) is 16.7. The lowest BCUT2D eigenvalue weighted by Gasteiger charge is -2.36. The standard InChI is InChI=1S/C22H28N4O2/c1-3-18(27)12-16-4-6-17(7-5-16)21-24-20-8-9-23-13-19(20)22(25-21)26-10-11-28-14-15(26)2/h4-7,15,23H,3,8-14H2,1-2H3/t15-/m0/s1. The predicted molar refractivity (Wildman–Crippen MR) is 110 cm³/mol. The molecule has 2 aromatic rings. The zero-order chi connectivity index (χ0) is 19.5. The van der Waals surface area contributed by atoms with Crippen LogP contribution in [0.25, 0.3) is 11.4 Å². The number of fused-ring (bicyclic) bond motifs is 1. The van der Waals surface area contributed by atoms with Crippen LogP contribution in [-0.4, -0.2) is 48.1 Å². The summed E-state index contributed by atoms with van der Waals surface area (Å²) < 4.78 is 5.62.